The van der Waals surface area contributed by atoms with Crippen LogP contribution < -0.4 is 5.32 Å². The second-order valence-electron chi connectivity index (χ2n) is 4.75. The van der Waals surface area contributed by atoms with Crippen molar-refractivity contribution in [2.24, 2.45) is 5.41 Å². The van der Waals surface area contributed by atoms with Gasteiger partial charge >= 0.3 is 6.55 Å². The van der Waals surface area contributed by atoms with Crippen LogP contribution in [0.15, 0.2) is 12.4 Å². The SMILES string of the molecule is CC1(C(=O)NCCc2nccn2C(F)F)CC1(Cl)Cl. The minimum Gasteiger partial charge on any atom is -0.355 e. The lowest BCUT2D eigenvalue weighted by molar-refractivity contribution is -0.125. The van der Waals surface area contributed by atoms with E-state index in [-0.39, 0.29) is 24.7 Å². The van der Waals surface area contributed by atoms with E-state index in [1.54, 1.807) is 6.92 Å². The Balaban J connectivity index is 1.85. The second-order valence-corrected chi connectivity index (χ2v) is 6.23. The van der Waals surface area contributed by atoms with Crippen molar-refractivity contribution in [2.45, 2.75) is 30.6 Å². The summed E-state index contributed by atoms with van der Waals surface area (Å²) in [6.07, 6.45) is 3.11. The summed E-state index contributed by atoms with van der Waals surface area (Å²) in [5.74, 6) is -0.0492. The molecule has 1 N–H and O–H groups in total. The van der Waals surface area contributed by atoms with Crippen molar-refractivity contribution in [3.63, 3.8) is 0 Å². The van der Waals surface area contributed by atoms with Gasteiger partial charge in [0, 0.05) is 25.4 Å². The topological polar surface area (TPSA) is 46.9 Å². The van der Waals surface area contributed by atoms with Crippen molar-refractivity contribution >= 4 is 29.1 Å². The van der Waals surface area contributed by atoms with Gasteiger partial charge in [0.1, 0.15) is 10.2 Å². The van der Waals surface area contributed by atoms with Crippen molar-refractivity contribution < 1.29 is 13.6 Å². The summed E-state index contributed by atoms with van der Waals surface area (Å²) < 4.78 is 24.8. The van der Waals surface area contributed by atoms with Gasteiger partial charge in [0.25, 0.3) is 0 Å². The van der Waals surface area contributed by atoms with Gasteiger partial charge in [-0.15, -0.1) is 23.2 Å². The molecule has 1 atom stereocenters. The standard InChI is InChI=1S/C11H13Cl2F2N3O/c1-10(6-11(10,12)13)8(19)17-3-2-7-16-4-5-18(7)9(14)15/h4-5,9H,2-3,6H2,1H3,(H,17,19). The minimum atomic E-state index is -2.63. The van der Waals surface area contributed by atoms with E-state index in [1.165, 1.54) is 12.4 Å². The fourth-order valence-electron chi connectivity index (χ4n) is 1.84. The number of hydrogen-bond acceptors (Lipinski definition) is 2. The van der Waals surface area contributed by atoms with Crippen LogP contribution in [-0.4, -0.2) is 26.3 Å². The zero-order valence-corrected chi connectivity index (χ0v) is 11.7. The van der Waals surface area contributed by atoms with Crippen LogP contribution in [0.4, 0.5) is 8.78 Å². The number of nitrogens with zero attached hydrogens (tertiary/aromatic N) is 2. The van der Waals surface area contributed by atoms with Gasteiger partial charge < -0.3 is 5.32 Å². The molecule has 1 aromatic rings. The summed E-state index contributed by atoms with van der Waals surface area (Å²) in [5.41, 5.74) is -0.797. The molecule has 1 fully saturated rings. The number of nitrogens with one attached hydrogen (secondary N) is 1. The average molecular weight is 312 g/mol. The van der Waals surface area contributed by atoms with Crippen molar-refractivity contribution in [2.75, 3.05) is 6.54 Å². The molecule has 0 aromatic carbocycles. The zero-order valence-electron chi connectivity index (χ0n) is 10.2. The van der Waals surface area contributed by atoms with Crippen LogP contribution in [0.25, 0.3) is 0 Å². The maximum Gasteiger partial charge on any atom is 0.319 e. The van der Waals surface area contributed by atoms with Crippen molar-refractivity contribution in [1.82, 2.24) is 14.9 Å². The van der Waals surface area contributed by atoms with Gasteiger partial charge in [-0.05, 0) is 13.3 Å². The molecule has 1 amide bonds. The number of alkyl halides is 4. The Kier molecular flexibility index (Phi) is 3.75. The van der Waals surface area contributed by atoms with E-state index < -0.39 is 16.3 Å². The number of rotatable bonds is 5. The maximum absolute atomic E-state index is 12.5. The molecule has 0 radical (unpaired) electrons. The third-order valence-electron chi connectivity index (χ3n) is 3.35. The Morgan fingerprint density at radius 1 is 1.63 bits per heavy atom. The second kappa shape index (κ2) is 4.90. The molecular formula is C11H13Cl2F2N3O. The molecule has 4 nitrogen and oxygen atoms in total. The molecular weight excluding hydrogens is 299 g/mol. The summed E-state index contributed by atoms with van der Waals surface area (Å²) in [4.78, 5) is 15.7. The Morgan fingerprint density at radius 3 is 2.79 bits per heavy atom. The van der Waals surface area contributed by atoms with E-state index in [2.05, 4.69) is 10.3 Å². The molecule has 1 unspecified atom stereocenters. The number of carbonyl (C=O) groups excluding carboxylic acids is 1. The fourth-order valence-corrected chi connectivity index (χ4v) is 2.55. The molecule has 19 heavy (non-hydrogen) atoms. The Labute approximate surface area is 119 Å². The highest BCUT2D eigenvalue weighted by atomic mass is 35.5. The third kappa shape index (κ3) is 2.69. The summed E-state index contributed by atoms with van der Waals surface area (Å²) in [6.45, 7) is -0.753. The number of aromatic nitrogens is 2. The smallest absolute Gasteiger partial charge is 0.319 e. The number of amides is 1. The molecule has 1 aromatic heterocycles. The lowest BCUT2D eigenvalue weighted by atomic mass is 10.1. The van der Waals surface area contributed by atoms with Gasteiger partial charge in [-0.1, -0.05) is 0 Å². The van der Waals surface area contributed by atoms with E-state index in [9.17, 15) is 13.6 Å². The van der Waals surface area contributed by atoms with Crippen molar-refractivity contribution in [3.05, 3.63) is 18.2 Å². The zero-order chi connectivity index (χ0) is 14.3. The third-order valence-corrected chi connectivity index (χ3v) is 4.45. The highest BCUT2D eigenvalue weighted by Crippen LogP contribution is 2.63. The van der Waals surface area contributed by atoms with Gasteiger partial charge in [-0.2, -0.15) is 8.78 Å². The van der Waals surface area contributed by atoms with Crippen LogP contribution >= 0.6 is 23.2 Å². The molecule has 0 spiro atoms. The molecule has 106 valence electrons. The summed E-state index contributed by atoms with van der Waals surface area (Å²) in [7, 11) is 0. The normalized spacial score (nSPS) is 24.5. The Morgan fingerprint density at radius 2 is 2.26 bits per heavy atom. The highest BCUT2D eigenvalue weighted by Gasteiger charge is 2.67. The molecule has 0 bridgehead atoms. The van der Waals surface area contributed by atoms with Crippen molar-refractivity contribution in [1.29, 1.82) is 0 Å². The first-order valence-corrected chi connectivity index (χ1v) is 6.49. The Hall–Kier alpha value is -0.880. The number of halogens is 4. The lowest BCUT2D eigenvalue weighted by Gasteiger charge is -2.12. The van der Waals surface area contributed by atoms with E-state index in [1.807, 2.05) is 0 Å². The van der Waals surface area contributed by atoms with Gasteiger partial charge in [-0.3, -0.25) is 9.36 Å². The number of carbonyl (C=O) groups is 1. The van der Waals surface area contributed by atoms with Crippen LogP contribution in [0.5, 0.6) is 0 Å². The molecule has 8 heteroatoms. The average Bonchev–Trinajstić information content (AvgIpc) is 2.70. The molecule has 0 saturated heterocycles. The minimum absolute atomic E-state index is 0.210. The van der Waals surface area contributed by atoms with Crippen LogP contribution in [0, 0.1) is 5.41 Å². The molecule has 1 saturated carbocycles. The van der Waals surface area contributed by atoms with Crippen molar-refractivity contribution in [3.8, 4) is 0 Å². The quantitative estimate of drug-likeness (QED) is 0.849. The summed E-state index contributed by atoms with van der Waals surface area (Å²) >= 11 is 11.8. The first-order chi connectivity index (χ1) is 8.78. The largest absolute Gasteiger partial charge is 0.355 e. The van der Waals surface area contributed by atoms with Crippen LogP contribution in [-0.2, 0) is 11.2 Å². The van der Waals surface area contributed by atoms with E-state index in [0.29, 0.717) is 6.42 Å². The van der Waals surface area contributed by atoms with Gasteiger partial charge in [0.05, 0.1) is 5.41 Å². The first kappa shape index (κ1) is 14.5. The first-order valence-electron chi connectivity index (χ1n) is 5.74. The molecule has 0 aliphatic heterocycles. The van der Waals surface area contributed by atoms with E-state index in [0.717, 1.165) is 4.57 Å². The maximum atomic E-state index is 12.5. The van der Waals surface area contributed by atoms with Gasteiger partial charge in [0.2, 0.25) is 5.91 Å². The predicted octanol–water partition coefficient (Wildman–Crippen LogP) is 2.52. The van der Waals surface area contributed by atoms with Gasteiger partial charge in [0.15, 0.2) is 0 Å². The molecule has 1 heterocycles. The highest BCUT2D eigenvalue weighted by molar-refractivity contribution is 6.53. The van der Waals surface area contributed by atoms with Crippen LogP contribution in [0.3, 0.4) is 0 Å². The summed E-state index contributed by atoms with van der Waals surface area (Å²) in [5, 5.41) is 2.64. The van der Waals surface area contributed by atoms with E-state index in [4.69, 9.17) is 23.2 Å². The fraction of sp³-hybridized carbons (Fsp3) is 0.636. The number of imidazole rings is 1. The summed E-state index contributed by atoms with van der Waals surface area (Å²) in [6, 6.07) is 0. The monoisotopic (exact) mass is 311 g/mol. The molecule has 2 rings (SSSR count). The predicted molar refractivity (Wildman–Crippen MR) is 67.4 cm³/mol. The van der Waals surface area contributed by atoms with Gasteiger partial charge in [-0.25, -0.2) is 4.98 Å². The van der Waals surface area contributed by atoms with Crippen LogP contribution in [0.1, 0.15) is 25.7 Å². The Bertz CT molecular complexity index is 492. The molecule has 1 aliphatic carbocycles. The molecule has 1 aliphatic rings. The van der Waals surface area contributed by atoms with Crippen LogP contribution in [0.2, 0.25) is 0 Å². The number of hydrogen-bond donors (Lipinski definition) is 1. The van der Waals surface area contributed by atoms with E-state index >= 15 is 0 Å². The lowest BCUT2D eigenvalue weighted by Crippen LogP contribution is -2.34.